The Labute approximate surface area is 469 Å². The number of rotatable bonds is 29. The third kappa shape index (κ3) is 26.0. The lowest BCUT2D eigenvalue weighted by molar-refractivity contribution is -0.137. The van der Waals surface area contributed by atoms with Crippen LogP contribution in [0.25, 0.3) is 0 Å². The Bertz CT molecular complexity index is 2030. The Morgan fingerprint density at radius 3 is 1.32 bits per heavy atom. The summed E-state index contributed by atoms with van der Waals surface area (Å²) in [6.45, 7) is 12.3. The van der Waals surface area contributed by atoms with Crippen molar-refractivity contribution in [2.24, 2.45) is 46.4 Å². The Balaban J connectivity index is 3.70. The molecule has 0 spiro atoms. The van der Waals surface area contributed by atoms with Crippen molar-refractivity contribution >= 4 is 65.0 Å². The zero-order valence-corrected chi connectivity index (χ0v) is 48.0. The summed E-state index contributed by atoms with van der Waals surface area (Å²) in [5.74, 6) is -9.92. The molecule has 1 saturated heterocycles. The van der Waals surface area contributed by atoms with Gasteiger partial charge < -0.3 is 97.4 Å². The van der Waals surface area contributed by atoms with Crippen LogP contribution < -0.4 is 87.2 Å². The zero-order chi connectivity index (χ0) is 60.8. The predicted molar refractivity (Wildman–Crippen MR) is 296 cm³/mol. The number of aliphatic hydroxyl groups is 2. The van der Waals surface area contributed by atoms with Crippen molar-refractivity contribution in [2.75, 3.05) is 39.3 Å². The van der Waals surface area contributed by atoms with Gasteiger partial charge in [-0.15, -0.1) is 0 Å². The third-order valence-electron chi connectivity index (χ3n) is 13.0. The molecule has 29 heteroatoms. The molecule has 0 saturated carbocycles. The monoisotopic (exact) mass is 1140 g/mol. The number of aliphatic hydroxyl groups excluding tert-OH is 2. The molecular formula is C51H96N16O13. The van der Waals surface area contributed by atoms with Gasteiger partial charge >= 0.3 is 0 Å². The first-order chi connectivity index (χ1) is 37.6. The maximum atomic E-state index is 14.4. The van der Waals surface area contributed by atoms with E-state index < -0.39 is 156 Å². The highest BCUT2D eigenvalue weighted by Gasteiger charge is 2.38. The van der Waals surface area contributed by atoms with Gasteiger partial charge in [0, 0.05) is 13.0 Å². The van der Waals surface area contributed by atoms with Crippen molar-refractivity contribution in [3.63, 3.8) is 0 Å². The number of amides is 11. The molecular weight excluding hydrogens is 1040 g/mol. The van der Waals surface area contributed by atoms with E-state index in [1.54, 1.807) is 27.7 Å². The van der Waals surface area contributed by atoms with Crippen LogP contribution in [0, 0.1) is 17.8 Å². The number of nitrogens with two attached hydrogens (primary N) is 5. The molecule has 23 N–H and O–H groups in total. The molecule has 12 atom stereocenters. The molecule has 1 rings (SSSR count). The van der Waals surface area contributed by atoms with Crippen LogP contribution in [0.5, 0.6) is 0 Å². The molecule has 0 unspecified atom stereocenters. The van der Waals surface area contributed by atoms with Crippen molar-refractivity contribution in [1.29, 1.82) is 0 Å². The van der Waals surface area contributed by atoms with Gasteiger partial charge in [0.15, 0.2) is 0 Å². The minimum atomic E-state index is -1.80. The Hall–Kier alpha value is -6.11. The van der Waals surface area contributed by atoms with E-state index >= 15 is 0 Å². The van der Waals surface area contributed by atoms with Crippen LogP contribution in [0.4, 0.5) is 0 Å². The van der Waals surface area contributed by atoms with Crippen LogP contribution in [-0.4, -0.2) is 187 Å². The third-order valence-corrected chi connectivity index (χ3v) is 13.0. The van der Waals surface area contributed by atoms with E-state index in [0.717, 1.165) is 12.8 Å². The van der Waals surface area contributed by atoms with Gasteiger partial charge in [0.2, 0.25) is 65.0 Å². The molecule has 0 aromatic carbocycles. The van der Waals surface area contributed by atoms with Crippen LogP contribution in [0.15, 0.2) is 0 Å². The molecule has 80 heavy (non-hydrogen) atoms. The van der Waals surface area contributed by atoms with Crippen molar-refractivity contribution < 1.29 is 63.0 Å². The molecule has 0 aliphatic carbocycles. The van der Waals surface area contributed by atoms with E-state index in [4.69, 9.17) is 28.7 Å². The van der Waals surface area contributed by atoms with Gasteiger partial charge in [-0.1, -0.05) is 54.4 Å². The molecule has 0 aromatic heterocycles. The van der Waals surface area contributed by atoms with Gasteiger partial charge in [-0.3, -0.25) is 52.7 Å². The summed E-state index contributed by atoms with van der Waals surface area (Å²) in [4.78, 5) is 152. The second-order valence-electron chi connectivity index (χ2n) is 21.4. The van der Waals surface area contributed by atoms with Crippen molar-refractivity contribution in [1.82, 2.24) is 58.5 Å². The van der Waals surface area contributed by atoms with Crippen LogP contribution in [-0.2, 0) is 52.7 Å². The quantitative estimate of drug-likeness (QED) is 0.0310. The van der Waals surface area contributed by atoms with Gasteiger partial charge in [0.25, 0.3) is 0 Å². The summed E-state index contributed by atoms with van der Waals surface area (Å²) in [7, 11) is 0. The van der Waals surface area contributed by atoms with E-state index in [2.05, 4.69) is 72.3 Å². The second kappa shape index (κ2) is 37.8. The number of nitrogens with one attached hydrogen (secondary N) is 11. The number of carbonyl (C=O) groups excluding carboxylic acids is 11. The summed E-state index contributed by atoms with van der Waals surface area (Å²) < 4.78 is 0. The standard InChI is InChI=1S/C51H96N16O13/c1-26(2)11-9-10-12-38(70)58-32(14-20-53)45(74)66-40(29(7)68)50(79)61-31(13-19-52)42(71)57-24-18-36-44(73)64-37(25-27(3)4)48(77)60-34(16-22-55)46(75)65-39(28(5)6)49(78)62-33(15-21-54)43(72)59-35(17-23-56)47(76)67-41(30(8)69)51(80)63-36/h26-37,39-41,68-69H,9-25,52-56H2,1-8H3,(H,57,71)(H,58,70)(H,59,72)(H,60,77)(H,61,79)(H,62,78)(H,63,80)(H,64,73)(H,65,75)(H,66,74)(H,67,76)/t29-,30-,31+,32+,33+,34+,35+,36+,37-,39+,40+,41+/m1/s1. The van der Waals surface area contributed by atoms with Gasteiger partial charge in [-0.05, 0) is 116 Å². The van der Waals surface area contributed by atoms with Gasteiger partial charge in [-0.25, -0.2) is 0 Å². The van der Waals surface area contributed by atoms with E-state index in [1.807, 2.05) is 0 Å². The van der Waals surface area contributed by atoms with Crippen LogP contribution >= 0.6 is 0 Å². The first kappa shape index (κ1) is 71.9. The highest BCUT2D eigenvalue weighted by Crippen LogP contribution is 2.12. The maximum Gasteiger partial charge on any atom is 0.245 e. The molecule has 0 radical (unpaired) electrons. The average Bonchev–Trinajstić information content (AvgIpc) is 3.37. The number of unbranched alkanes of at least 4 members (excludes halogenated alkanes) is 1. The topological polar surface area (TPSA) is 491 Å². The van der Waals surface area contributed by atoms with E-state index in [1.165, 1.54) is 13.8 Å². The van der Waals surface area contributed by atoms with Crippen molar-refractivity contribution in [2.45, 2.75) is 199 Å². The fourth-order valence-electron chi connectivity index (χ4n) is 8.43. The summed E-state index contributed by atoms with van der Waals surface area (Å²) in [5, 5.41) is 49.4. The molecule has 29 nitrogen and oxygen atoms in total. The molecule has 0 bridgehead atoms. The molecule has 1 fully saturated rings. The molecule has 0 aromatic rings. The Morgan fingerprint density at radius 2 is 0.887 bits per heavy atom. The highest BCUT2D eigenvalue weighted by molar-refractivity contribution is 5.99. The SMILES string of the molecule is CC(C)CCCCC(=O)N[C@@H](CCN)C(=O)N[C@H](C(=O)N[C@@H](CCN)C(=O)NCC[C@@H]1NC(=O)[C@H]([C@@H](C)O)NC(=O)[C@H](CCN)NC(=O)[C@H](CCN)NC(=O)[C@H](C(C)C)NC(=O)[C@H](CCN)NC(=O)[C@@H](CC(C)C)NC1=O)[C@@H](C)O. The maximum absolute atomic E-state index is 14.4. The fourth-order valence-corrected chi connectivity index (χ4v) is 8.43. The Morgan fingerprint density at radius 1 is 0.463 bits per heavy atom. The van der Waals surface area contributed by atoms with Gasteiger partial charge in [0.1, 0.15) is 60.4 Å². The van der Waals surface area contributed by atoms with Gasteiger partial charge in [0.05, 0.1) is 12.2 Å². The van der Waals surface area contributed by atoms with Crippen LogP contribution in [0.2, 0.25) is 0 Å². The summed E-state index contributed by atoms with van der Waals surface area (Å²) >= 11 is 0. The lowest BCUT2D eigenvalue weighted by Crippen LogP contribution is -2.62. The number of carbonyl (C=O) groups is 11. The molecule has 1 aliphatic heterocycles. The van der Waals surface area contributed by atoms with Crippen LogP contribution in [0.1, 0.15) is 126 Å². The van der Waals surface area contributed by atoms with Crippen molar-refractivity contribution in [3.05, 3.63) is 0 Å². The number of hydrogen-bond acceptors (Lipinski definition) is 18. The summed E-state index contributed by atoms with van der Waals surface area (Å²) in [5.41, 5.74) is 29.0. The second-order valence-corrected chi connectivity index (χ2v) is 21.4. The van der Waals surface area contributed by atoms with E-state index in [0.29, 0.717) is 12.3 Å². The lowest BCUT2D eigenvalue weighted by atomic mass is 10.00. The largest absolute Gasteiger partial charge is 0.391 e. The van der Waals surface area contributed by atoms with E-state index in [9.17, 15) is 63.0 Å². The van der Waals surface area contributed by atoms with Crippen molar-refractivity contribution in [3.8, 4) is 0 Å². The zero-order valence-electron chi connectivity index (χ0n) is 48.0. The Kier molecular flexibility index (Phi) is 33.9. The van der Waals surface area contributed by atoms with Crippen LogP contribution in [0.3, 0.4) is 0 Å². The first-order valence-corrected chi connectivity index (χ1v) is 27.8. The predicted octanol–water partition coefficient (Wildman–Crippen LogP) is -6.22. The van der Waals surface area contributed by atoms with E-state index in [-0.39, 0.29) is 83.6 Å². The number of hydrogen-bond donors (Lipinski definition) is 18. The lowest BCUT2D eigenvalue weighted by Gasteiger charge is -2.29. The molecule has 11 amide bonds. The molecule has 1 aliphatic rings. The minimum absolute atomic E-state index is 0.00127. The summed E-state index contributed by atoms with van der Waals surface area (Å²) in [6.07, 6.45) is -1.75. The average molecular weight is 1140 g/mol. The fraction of sp³-hybridized carbons (Fsp3) is 0.784. The minimum Gasteiger partial charge on any atom is -0.391 e. The normalized spacial score (nSPS) is 23.1. The highest BCUT2D eigenvalue weighted by atomic mass is 16.3. The van der Waals surface area contributed by atoms with Gasteiger partial charge in [-0.2, -0.15) is 0 Å². The first-order valence-electron chi connectivity index (χ1n) is 27.8. The molecule has 1 heterocycles. The molecule has 458 valence electrons. The smallest absolute Gasteiger partial charge is 0.245 e. The summed E-state index contributed by atoms with van der Waals surface area (Å²) in [6, 6.07) is -14.4.